The largest absolute Gasteiger partial charge is 0.358 e. The summed E-state index contributed by atoms with van der Waals surface area (Å²) in [6, 6.07) is 25.7. The van der Waals surface area contributed by atoms with Crippen molar-refractivity contribution in [3.63, 3.8) is 0 Å². The van der Waals surface area contributed by atoms with Gasteiger partial charge in [0, 0.05) is 12.2 Å². The number of amides is 1. The SMILES string of the molecule is C[C@H](NC(=O)CN(Cc1ccccc1)c1ccccc1)c1ccc(S(N)(=O)=O)cc1. The lowest BCUT2D eigenvalue weighted by Gasteiger charge is -2.25. The predicted molar refractivity (Wildman–Crippen MR) is 118 cm³/mol. The Morgan fingerprint density at radius 1 is 0.933 bits per heavy atom. The van der Waals surface area contributed by atoms with Crippen LogP contribution in [0.5, 0.6) is 0 Å². The van der Waals surface area contributed by atoms with Gasteiger partial charge in [0.05, 0.1) is 17.5 Å². The topological polar surface area (TPSA) is 92.5 Å². The van der Waals surface area contributed by atoms with Gasteiger partial charge in [0.1, 0.15) is 0 Å². The molecule has 7 heteroatoms. The van der Waals surface area contributed by atoms with Gasteiger partial charge >= 0.3 is 0 Å². The molecule has 3 aromatic carbocycles. The highest BCUT2D eigenvalue weighted by atomic mass is 32.2. The lowest BCUT2D eigenvalue weighted by Crippen LogP contribution is -2.38. The maximum atomic E-state index is 12.8. The third-order valence-corrected chi connectivity index (χ3v) is 5.69. The fourth-order valence-electron chi connectivity index (χ4n) is 3.17. The average molecular weight is 424 g/mol. The second kappa shape index (κ2) is 9.56. The van der Waals surface area contributed by atoms with Crippen LogP contribution in [0.3, 0.4) is 0 Å². The summed E-state index contributed by atoms with van der Waals surface area (Å²) in [5, 5.41) is 8.11. The molecule has 0 aliphatic carbocycles. The second-order valence-electron chi connectivity index (χ2n) is 7.08. The van der Waals surface area contributed by atoms with Gasteiger partial charge in [-0.15, -0.1) is 0 Å². The highest BCUT2D eigenvalue weighted by molar-refractivity contribution is 7.89. The van der Waals surface area contributed by atoms with E-state index in [9.17, 15) is 13.2 Å². The van der Waals surface area contributed by atoms with E-state index in [2.05, 4.69) is 5.32 Å². The molecule has 3 N–H and O–H groups in total. The number of nitrogens with zero attached hydrogens (tertiary/aromatic N) is 1. The van der Waals surface area contributed by atoms with Gasteiger partial charge in [-0.1, -0.05) is 60.7 Å². The first-order valence-corrected chi connectivity index (χ1v) is 11.1. The minimum Gasteiger partial charge on any atom is -0.358 e. The summed E-state index contributed by atoms with van der Waals surface area (Å²) in [6.07, 6.45) is 0. The Kier molecular flexibility index (Phi) is 6.87. The lowest BCUT2D eigenvalue weighted by atomic mass is 10.1. The molecular formula is C23H25N3O3S. The Labute approximate surface area is 177 Å². The fourth-order valence-corrected chi connectivity index (χ4v) is 3.69. The van der Waals surface area contributed by atoms with Crippen molar-refractivity contribution in [2.45, 2.75) is 24.4 Å². The second-order valence-corrected chi connectivity index (χ2v) is 8.64. The van der Waals surface area contributed by atoms with E-state index in [1.807, 2.05) is 72.5 Å². The summed E-state index contributed by atoms with van der Waals surface area (Å²) >= 11 is 0. The van der Waals surface area contributed by atoms with Gasteiger partial charge in [0.2, 0.25) is 15.9 Å². The standard InChI is InChI=1S/C23H25N3O3S/c1-18(20-12-14-22(15-13-20)30(24,28)29)25-23(27)17-26(21-10-6-3-7-11-21)16-19-8-4-2-5-9-19/h2-15,18H,16-17H2,1H3,(H,25,27)(H2,24,28,29)/t18-/m0/s1. The zero-order valence-electron chi connectivity index (χ0n) is 16.7. The number of anilines is 1. The first-order valence-electron chi connectivity index (χ1n) is 9.59. The summed E-state index contributed by atoms with van der Waals surface area (Å²) in [7, 11) is -3.74. The number of benzene rings is 3. The number of primary sulfonamides is 1. The molecule has 3 rings (SSSR count). The first kappa shape index (κ1) is 21.5. The van der Waals surface area contributed by atoms with E-state index in [-0.39, 0.29) is 23.4 Å². The van der Waals surface area contributed by atoms with Gasteiger partial charge in [-0.25, -0.2) is 13.6 Å². The molecule has 0 aliphatic heterocycles. The summed E-state index contributed by atoms with van der Waals surface area (Å²) in [4.78, 5) is 14.8. The molecule has 0 aliphatic rings. The number of rotatable bonds is 8. The Hall–Kier alpha value is -3.16. The number of hydrogen-bond acceptors (Lipinski definition) is 4. The van der Waals surface area contributed by atoms with Gasteiger partial charge in [0.25, 0.3) is 0 Å². The molecule has 156 valence electrons. The maximum absolute atomic E-state index is 12.8. The van der Waals surface area contributed by atoms with Crippen molar-refractivity contribution in [3.05, 3.63) is 96.1 Å². The molecule has 30 heavy (non-hydrogen) atoms. The van der Waals surface area contributed by atoms with Crippen LogP contribution in [0.4, 0.5) is 5.69 Å². The average Bonchev–Trinajstić information content (AvgIpc) is 2.74. The predicted octanol–water partition coefficient (Wildman–Crippen LogP) is 3.22. The monoisotopic (exact) mass is 423 g/mol. The molecule has 0 bridgehead atoms. The van der Waals surface area contributed by atoms with Crippen molar-refractivity contribution >= 4 is 21.6 Å². The molecule has 3 aromatic rings. The summed E-state index contributed by atoms with van der Waals surface area (Å²) in [5.74, 6) is -0.127. The van der Waals surface area contributed by atoms with Gasteiger partial charge in [0.15, 0.2) is 0 Å². The molecule has 0 heterocycles. The highest BCUT2D eigenvalue weighted by Gasteiger charge is 2.16. The van der Waals surface area contributed by atoms with Crippen LogP contribution in [0.2, 0.25) is 0 Å². The van der Waals surface area contributed by atoms with Crippen LogP contribution in [0, 0.1) is 0 Å². The smallest absolute Gasteiger partial charge is 0.240 e. The summed E-state index contributed by atoms with van der Waals surface area (Å²) in [5.41, 5.74) is 2.87. The van der Waals surface area contributed by atoms with Crippen LogP contribution in [-0.2, 0) is 21.4 Å². The van der Waals surface area contributed by atoms with Crippen LogP contribution in [0.15, 0.2) is 89.8 Å². The van der Waals surface area contributed by atoms with Gasteiger partial charge < -0.3 is 10.2 Å². The number of carbonyl (C=O) groups is 1. The van der Waals surface area contributed by atoms with Crippen molar-refractivity contribution in [2.24, 2.45) is 5.14 Å². The lowest BCUT2D eigenvalue weighted by molar-refractivity contribution is -0.120. The van der Waals surface area contributed by atoms with Gasteiger partial charge in [-0.3, -0.25) is 4.79 Å². The number of carbonyl (C=O) groups excluding carboxylic acids is 1. The molecule has 1 atom stereocenters. The molecule has 0 fully saturated rings. The van der Waals surface area contributed by atoms with E-state index >= 15 is 0 Å². The third-order valence-electron chi connectivity index (χ3n) is 4.76. The Balaban J connectivity index is 1.69. The zero-order chi connectivity index (χ0) is 21.6. The number of nitrogens with two attached hydrogens (primary N) is 1. The summed E-state index contributed by atoms with van der Waals surface area (Å²) < 4.78 is 22.8. The van der Waals surface area contributed by atoms with Crippen molar-refractivity contribution in [3.8, 4) is 0 Å². The molecule has 0 aromatic heterocycles. The maximum Gasteiger partial charge on any atom is 0.240 e. The first-order chi connectivity index (χ1) is 14.3. The molecular weight excluding hydrogens is 398 g/mol. The molecule has 0 unspecified atom stereocenters. The zero-order valence-corrected chi connectivity index (χ0v) is 17.5. The van der Waals surface area contributed by atoms with E-state index in [1.165, 1.54) is 12.1 Å². The van der Waals surface area contributed by atoms with E-state index in [0.717, 1.165) is 16.8 Å². The number of para-hydroxylation sites is 1. The molecule has 0 radical (unpaired) electrons. The van der Waals surface area contributed by atoms with E-state index in [1.54, 1.807) is 12.1 Å². The Morgan fingerprint density at radius 2 is 1.50 bits per heavy atom. The highest BCUT2D eigenvalue weighted by Crippen LogP contribution is 2.18. The minimum atomic E-state index is -3.74. The van der Waals surface area contributed by atoms with Crippen LogP contribution in [-0.4, -0.2) is 20.9 Å². The minimum absolute atomic E-state index is 0.0443. The third kappa shape index (κ3) is 5.92. The normalized spacial score (nSPS) is 12.2. The van der Waals surface area contributed by atoms with E-state index in [0.29, 0.717) is 6.54 Å². The molecule has 0 spiro atoms. The van der Waals surface area contributed by atoms with E-state index in [4.69, 9.17) is 5.14 Å². The molecule has 1 amide bonds. The number of sulfonamides is 1. The number of hydrogen-bond donors (Lipinski definition) is 2. The van der Waals surface area contributed by atoms with E-state index < -0.39 is 10.0 Å². The fraction of sp³-hybridized carbons (Fsp3) is 0.174. The van der Waals surface area contributed by atoms with Crippen molar-refractivity contribution in [1.29, 1.82) is 0 Å². The number of nitrogens with one attached hydrogen (secondary N) is 1. The molecule has 0 saturated heterocycles. The van der Waals surface area contributed by atoms with Crippen LogP contribution >= 0.6 is 0 Å². The quantitative estimate of drug-likeness (QED) is 0.582. The van der Waals surface area contributed by atoms with Crippen LogP contribution < -0.4 is 15.4 Å². The van der Waals surface area contributed by atoms with Crippen molar-refractivity contribution < 1.29 is 13.2 Å². The van der Waals surface area contributed by atoms with Gasteiger partial charge in [-0.05, 0) is 42.3 Å². The van der Waals surface area contributed by atoms with Crippen LogP contribution in [0.25, 0.3) is 0 Å². The molecule has 6 nitrogen and oxygen atoms in total. The van der Waals surface area contributed by atoms with Gasteiger partial charge in [-0.2, -0.15) is 0 Å². The van der Waals surface area contributed by atoms with Crippen molar-refractivity contribution in [2.75, 3.05) is 11.4 Å². The Bertz CT molecular complexity index is 1070. The van der Waals surface area contributed by atoms with Crippen molar-refractivity contribution in [1.82, 2.24) is 5.32 Å². The molecule has 0 saturated carbocycles. The van der Waals surface area contributed by atoms with Crippen LogP contribution in [0.1, 0.15) is 24.1 Å². The summed E-state index contributed by atoms with van der Waals surface area (Å²) in [6.45, 7) is 2.65. The Morgan fingerprint density at radius 3 is 2.07 bits per heavy atom.